The maximum absolute atomic E-state index is 13.1. The fraction of sp³-hybridized carbons (Fsp3) is 0.529. The standard InChI is InChI=1S/C17H16F6N2O4S/c18-16(19,20)11-6-12(17(21,22)23)8-14(7-11)30(27,28)25-4-3-24(9-13(25)10-26)15-2-1-5-29-15/h6-8,15H,1-5,9H2. The Kier molecular flexibility index (Phi) is 5.93. The fourth-order valence-corrected chi connectivity index (χ4v) is 4.86. The van der Waals surface area contributed by atoms with E-state index in [-0.39, 0.29) is 44.1 Å². The Labute approximate surface area is 167 Å². The highest BCUT2D eigenvalue weighted by Crippen LogP contribution is 2.38. The summed E-state index contributed by atoms with van der Waals surface area (Å²) in [5, 5.41) is 0. The van der Waals surface area contributed by atoms with Crippen LogP contribution < -0.4 is 0 Å². The molecule has 1 aromatic carbocycles. The molecule has 0 amide bonds. The Bertz CT molecular complexity index is 931. The van der Waals surface area contributed by atoms with Crippen LogP contribution in [0.25, 0.3) is 0 Å². The van der Waals surface area contributed by atoms with Crippen molar-refractivity contribution >= 4 is 16.0 Å². The molecule has 166 valence electrons. The summed E-state index contributed by atoms with van der Waals surface area (Å²) >= 11 is 0. The summed E-state index contributed by atoms with van der Waals surface area (Å²) in [5.74, 6) is 1.44. The minimum atomic E-state index is -5.20. The number of carbonyl (C=O) groups excluding carboxylic acids is 1. The molecular weight excluding hydrogens is 442 g/mol. The lowest BCUT2D eigenvalue weighted by Crippen LogP contribution is -2.50. The van der Waals surface area contributed by atoms with E-state index in [9.17, 15) is 39.6 Å². The van der Waals surface area contributed by atoms with E-state index in [1.54, 1.807) is 4.90 Å². The average molecular weight is 458 g/mol. The van der Waals surface area contributed by atoms with Crippen LogP contribution in [0.3, 0.4) is 0 Å². The molecule has 0 aromatic heterocycles. The maximum Gasteiger partial charge on any atom is 0.416 e. The number of alkyl halides is 6. The van der Waals surface area contributed by atoms with E-state index in [1.165, 1.54) is 5.94 Å². The molecule has 2 aliphatic heterocycles. The highest BCUT2D eigenvalue weighted by molar-refractivity contribution is 7.89. The van der Waals surface area contributed by atoms with Gasteiger partial charge >= 0.3 is 12.4 Å². The van der Waals surface area contributed by atoms with E-state index in [0.717, 1.165) is 6.42 Å². The second-order valence-corrected chi connectivity index (χ2v) is 8.67. The Morgan fingerprint density at radius 1 is 1.00 bits per heavy atom. The van der Waals surface area contributed by atoms with Crippen LogP contribution in [0.2, 0.25) is 0 Å². The number of halogens is 6. The highest BCUT2D eigenvalue weighted by atomic mass is 32.2. The second kappa shape index (κ2) is 7.88. The van der Waals surface area contributed by atoms with Crippen molar-refractivity contribution in [3.63, 3.8) is 0 Å². The number of hydrogen-bond donors (Lipinski definition) is 0. The van der Waals surface area contributed by atoms with Crippen LogP contribution in [0.1, 0.15) is 24.0 Å². The van der Waals surface area contributed by atoms with E-state index in [1.807, 2.05) is 0 Å². The van der Waals surface area contributed by atoms with Crippen LogP contribution in [0.4, 0.5) is 26.3 Å². The van der Waals surface area contributed by atoms with Crippen molar-refractivity contribution in [3.05, 3.63) is 35.0 Å². The summed E-state index contributed by atoms with van der Waals surface area (Å²) in [4.78, 5) is 11.8. The zero-order chi connectivity index (χ0) is 22.3. The predicted octanol–water partition coefficient (Wildman–Crippen LogP) is 2.88. The molecule has 30 heavy (non-hydrogen) atoms. The molecule has 0 aliphatic carbocycles. The Balaban J connectivity index is 1.99. The molecule has 0 bridgehead atoms. The fourth-order valence-electron chi connectivity index (χ4n) is 3.35. The van der Waals surface area contributed by atoms with Gasteiger partial charge in [-0.15, -0.1) is 0 Å². The molecule has 2 aliphatic rings. The van der Waals surface area contributed by atoms with Crippen LogP contribution in [0, 0.1) is 0 Å². The first-order valence-corrected chi connectivity index (χ1v) is 10.2. The minimum absolute atomic E-state index is 0.0835. The third-order valence-corrected chi connectivity index (χ3v) is 6.64. The summed E-state index contributed by atoms with van der Waals surface area (Å²) in [6.07, 6.45) is -9.32. The van der Waals surface area contributed by atoms with Gasteiger partial charge in [-0.05, 0) is 31.0 Å². The van der Waals surface area contributed by atoms with Gasteiger partial charge in [-0.3, -0.25) is 9.21 Å². The van der Waals surface area contributed by atoms with Gasteiger partial charge in [0.25, 0.3) is 10.0 Å². The quantitative estimate of drug-likeness (QED) is 0.515. The molecule has 1 atom stereocenters. The second-order valence-electron chi connectivity index (χ2n) is 6.81. The summed E-state index contributed by atoms with van der Waals surface area (Å²) in [7, 11) is -4.87. The first-order valence-electron chi connectivity index (χ1n) is 8.76. The summed E-state index contributed by atoms with van der Waals surface area (Å²) in [5.41, 5.74) is -3.93. The number of rotatable bonds is 3. The Hall–Kier alpha value is -2.08. The van der Waals surface area contributed by atoms with Gasteiger partial charge in [-0.1, -0.05) is 0 Å². The third-order valence-electron chi connectivity index (χ3n) is 4.82. The first kappa shape index (κ1) is 22.6. The van der Waals surface area contributed by atoms with E-state index in [2.05, 4.69) is 0 Å². The minimum Gasteiger partial charge on any atom is -0.363 e. The van der Waals surface area contributed by atoms with Crippen LogP contribution in [-0.4, -0.2) is 56.0 Å². The lowest BCUT2D eigenvalue weighted by Gasteiger charge is -2.38. The number of ether oxygens (including phenoxy) is 1. The Morgan fingerprint density at radius 2 is 1.60 bits per heavy atom. The topological polar surface area (TPSA) is 66.9 Å². The van der Waals surface area contributed by atoms with Crippen molar-refractivity contribution in [3.8, 4) is 0 Å². The van der Waals surface area contributed by atoms with Gasteiger partial charge in [0.2, 0.25) is 0 Å². The molecule has 0 N–H and O–H groups in total. The number of nitrogens with zero attached hydrogens (tertiary/aromatic N) is 2. The van der Waals surface area contributed by atoms with Gasteiger partial charge in [0.15, 0.2) is 0 Å². The number of piperazine rings is 1. The molecule has 6 nitrogen and oxygen atoms in total. The molecule has 1 aromatic rings. The molecular formula is C17H16F6N2O4S. The van der Waals surface area contributed by atoms with Crippen molar-refractivity contribution in [1.29, 1.82) is 0 Å². The Morgan fingerprint density at radius 3 is 2.07 bits per heavy atom. The molecule has 0 spiro atoms. The van der Waals surface area contributed by atoms with Gasteiger partial charge in [0.05, 0.1) is 22.6 Å². The van der Waals surface area contributed by atoms with Crippen molar-refractivity contribution in [2.45, 2.75) is 36.3 Å². The highest BCUT2D eigenvalue weighted by Gasteiger charge is 2.41. The molecule has 3 rings (SSSR count). The van der Waals surface area contributed by atoms with E-state index < -0.39 is 44.1 Å². The van der Waals surface area contributed by atoms with Gasteiger partial charge in [-0.2, -0.15) is 26.3 Å². The molecule has 2 heterocycles. The van der Waals surface area contributed by atoms with Crippen LogP contribution in [-0.2, 0) is 31.9 Å². The maximum atomic E-state index is 13.1. The van der Waals surface area contributed by atoms with Gasteiger partial charge < -0.3 is 4.74 Å². The summed E-state index contributed by atoms with van der Waals surface area (Å²) in [6.45, 7) is 0.0246. The van der Waals surface area contributed by atoms with Crippen LogP contribution in [0.15, 0.2) is 28.8 Å². The molecule has 13 heteroatoms. The van der Waals surface area contributed by atoms with Crippen molar-refractivity contribution in [2.24, 2.45) is 0 Å². The predicted molar refractivity (Wildman–Crippen MR) is 90.1 cm³/mol. The summed E-state index contributed by atoms with van der Waals surface area (Å²) in [6, 6.07) is 0.0871. The largest absolute Gasteiger partial charge is 0.416 e. The SMILES string of the molecule is O=C=C1CN(C2CCCO2)CCN1S(=O)(=O)c1cc(C(F)(F)F)cc(C(F)(F)F)c1. The van der Waals surface area contributed by atoms with Crippen molar-refractivity contribution in [2.75, 3.05) is 26.2 Å². The molecule has 0 radical (unpaired) electrons. The lowest BCUT2D eigenvalue weighted by molar-refractivity contribution is -0.143. The van der Waals surface area contributed by atoms with Crippen LogP contribution in [0.5, 0.6) is 0 Å². The van der Waals surface area contributed by atoms with Gasteiger partial charge in [0, 0.05) is 19.7 Å². The van der Waals surface area contributed by atoms with Crippen LogP contribution >= 0.6 is 0 Å². The van der Waals surface area contributed by atoms with Gasteiger partial charge in [0.1, 0.15) is 17.9 Å². The number of hydrogen-bond acceptors (Lipinski definition) is 5. The molecule has 0 saturated carbocycles. The van der Waals surface area contributed by atoms with Crippen molar-refractivity contribution in [1.82, 2.24) is 9.21 Å². The van der Waals surface area contributed by atoms with Gasteiger partial charge in [-0.25, -0.2) is 13.2 Å². The normalized spacial score (nSPS) is 21.7. The first-order chi connectivity index (χ1) is 13.8. The van der Waals surface area contributed by atoms with E-state index in [4.69, 9.17) is 4.74 Å². The van der Waals surface area contributed by atoms with Crippen molar-refractivity contribution < 1.29 is 44.3 Å². The smallest absolute Gasteiger partial charge is 0.363 e. The zero-order valence-electron chi connectivity index (χ0n) is 15.3. The molecule has 2 saturated heterocycles. The summed E-state index contributed by atoms with van der Waals surface area (Å²) < 4.78 is 110. The zero-order valence-corrected chi connectivity index (χ0v) is 16.1. The number of sulfonamides is 1. The molecule has 1 unspecified atom stereocenters. The monoisotopic (exact) mass is 458 g/mol. The number of benzene rings is 1. The van der Waals surface area contributed by atoms with E-state index in [0.29, 0.717) is 17.3 Å². The average Bonchev–Trinajstić information content (AvgIpc) is 3.20. The third kappa shape index (κ3) is 4.48. The lowest BCUT2D eigenvalue weighted by atomic mass is 10.1. The molecule has 2 fully saturated rings. The van der Waals surface area contributed by atoms with E-state index >= 15 is 0 Å².